The highest BCUT2D eigenvalue weighted by Gasteiger charge is 2.19. The Morgan fingerprint density at radius 1 is 1.30 bits per heavy atom. The zero-order valence-electron chi connectivity index (χ0n) is 11.4. The van der Waals surface area contributed by atoms with Crippen molar-refractivity contribution >= 4 is 5.97 Å². The van der Waals surface area contributed by atoms with Gasteiger partial charge in [0.1, 0.15) is 5.75 Å². The number of carboxylic acids is 1. The highest BCUT2D eigenvalue weighted by molar-refractivity contribution is 5.70. The average Bonchev–Trinajstić information content (AvgIpc) is 2.38. The maximum absolute atomic E-state index is 10.9. The molecule has 2 atom stereocenters. The molecule has 0 saturated heterocycles. The molecule has 112 valence electrons. The van der Waals surface area contributed by atoms with Crippen LogP contribution in [0.3, 0.4) is 0 Å². The fourth-order valence-electron chi connectivity index (χ4n) is 2.16. The van der Waals surface area contributed by atoms with Crippen LogP contribution in [0.5, 0.6) is 17.2 Å². The molecular weight excluding hydrogens is 262 g/mol. The molecule has 0 aliphatic carbocycles. The van der Waals surface area contributed by atoms with Crippen LogP contribution in [0.25, 0.3) is 0 Å². The summed E-state index contributed by atoms with van der Waals surface area (Å²) in [6.45, 7) is 2.00. The van der Waals surface area contributed by atoms with Gasteiger partial charge in [-0.25, -0.2) is 0 Å². The van der Waals surface area contributed by atoms with Crippen molar-refractivity contribution in [1.82, 2.24) is 0 Å². The molecule has 6 heteroatoms. The summed E-state index contributed by atoms with van der Waals surface area (Å²) >= 11 is 0. The van der Waals surface area contributed by atoms with Crippen LogP contribution in [-0.2, 0) is 11.2 Å². The molecule has 0 spiro atoms. The minimum Gasteiger partial charge on any atom is -0.508 e. The lowest BCUT2D eigenvalue weighted by Gasteiger charge is -2.16. The summed E-state index contributed by atoms with van der Waals surface area (Å²) in [6.07, 6.45) is 1.52. The Morgan fingerprint density at radius 2 is 1.95 bits per heavy atom. The van der Waals surface area contributed by atoms with E-state index in [2.05, 4.69) is 0 Å². The van der Waals surface area contributed by atoms with Crippen molar-refractivity contribution in [3.8, 4) is 17.2 Å². The second kappa shape index (κ2) is 7.00. The van der Waals surface area contributed by atoms with E-state index in [9.17, 15) is 20.1 Å². The van der Waals surface area contributed by atoms with Gasteiger partial charge < -0.3 is 26.2 Å². The third-order valence-corrected chi connectivity index (χ3v) is 3.38. The second-order valence-corrected chi connectivity index (χ2v) is 5.12. The molecule has 0 fully saturated rings. The number of phenolic OH excluding ortho intramolecular Hbond substituents is 3. The summed E-state index contributed by atoms with van der Waals surface area (Å²) in [7, 11) is 0. The van der Waals surface area contributed by atoms with Crippen LogP contribution in [0, 0.1) is 11.8 Å². The lowest BCUT2D eigenvalue weighted by Crippen LogP contribution is -2.25. The maximum Gasteiger partial charge on any atom is 0.307 e. The first-order valence-electron chi connectivity index (χ1n) is 6.51. The summed E-state index contributed by atoms with van der Waals surface area (Å²) in [4.78, 5) is 10.9. The van der Waals surface area contributed by atoms with Gasteiger partial charge in [0.25, 0.3) is 0 Å². The molecule has 2 unspecified atom stereocenters. The number of benzene rings is 1. The summed E-state index contributed by atoms with van der Waals surface area (Å²) in [5.74, 6) is -2.10. The number of aryl methyl sites for hydroxylation is 1. The monoisotopic (exact) mass is 283 g/mol. The number of carboxylic acid groups (broad SMARTS) is 1. The fourth-order valence-corrected chi connectivity index (χ4v) is 2.16. The quantitative estimate of drug-likeness (QED) is 0.381. The number of hydrogen-bond acceptors (Lipinski definition) is 5. The van der Waals surface area contributed by atoms with Crippen molar-refractivity contribution in [3.63, 3.8) is 0 Å². The van der Waals surface area contributed by atoms with Crippen LogP contribution in [0.2, 0.25) is 0 Å². The minimum atomic E-state index is -0.905. The fraction of sp³-hybridized carbons (Fsp3) is 0.500. The SMILES string of the molecule is CC(CCc1cc(O)cc(O)c1O)CC(CN)C(=O)O. The molecule has 0 saturated carbocycles. The van der Waals surface area contributed by atoms with E-state index < -0.39 is 11.9 Å². The van der Waals surface area contributed by atoms with Gasteiger partial charge in [-0.1, -0.05) is 6.92 Å². The second-order valence-electron chi connectivity index (χ2n) is 5.12. The van der Waals surface area contributed by atoms with E-state index in [4.69, 9.17) is 10.8 Å². The predicted molar refractivity (Wildman–Crippen MR) is 73.7 cm³/mol. The Labute approximate surface area is 117 Å². The molecule has 1 rings (SSSR count). The van der Waals surface area contributed by atoms with Gasteiger partial charge in [0.15, 0.2) is 11.5 Å². The molecule has 0 aliphatic heterocycles. The molecule has 6 N–H and O–H groups in total. The zero-order chi connectivity index (χ0) is 15.3. The van der Waals surface area contributed by atoms with Crippen molar-refractivity contribution in [1.29, 1.82) is 0 Å². The van der Waals surface area contributed by atoms with Crippen molar-refractivity contribution < 1.29 is 25.2 Å². The largest absolute Gasteiger partial charge is 0.508 e. The molecular formula is C14H21NO5. The Morgan fingerprint density at radius 3 is 2.50 bits per heavy atom. The summed E-state index contributed by atoms with van der Waals surface area (Å²) in [5.41, 5.74) is 5.85. The number of phenols is 3. The Balaban J connectivity index is 2.61. The van der Waals surface area contributed by atoms with Gasteiger partial charge in [-0.3, -0.25) is 4.79 Å². The molecule has 6 nitrogen and oxygen atoms in total. The standard InChI is InChI=1S/C14H21NO5/c1-8(4-10(7-15)14(19)20)2-3-9-5-11(16)6-12(17)13(9)18/h5-6,8,10,16-18H,2-4,7,15H2,1H3,(H,19,20). The number of hydrogen-bond donors (Lipinski definition) is 5. The van der Waals surface area contributed by atoms with E-state index in [0.29, 0.717) is 24.8 Å². The first-order valence-corrected chi connectivity index (χ1v) is 6.51. The Bertz CT molecular complexity index is 475. The molecule has 0 aromatic heterocycles. The lowest BCUT2D eigenvalue weighted by molar-refractivity contribution is -0.141. The normalized spacial score (nSPS) is 13.9. The molecule has 0 bridgehead atoms. The first-order chi connectivity index (χ1) is 9.35. The van der Waals surface area contributed by atoms with Crippen LogP contribution >= 0.6 is 0 Å². The summed E-state index contributed by atoms with van der Waals surface area (Å²) in [6, 6.07) is 2.45. The smallest absolute Gasteiger partial charge is 0.307 e. The van der Waals surface area contributed by atoms with E-state index in [1.54, 1.807) is 0 Å². The summed E-state index contributed by atoms with van der Waals surface area (Å²) < 4.78 is 0. The van der Waals surface area contributed by atoms with Crippen LogP contribution in [0.1, 0.15) is 25.3 Å². The lowest BCUT2D eigenvalue weighted by atomic mass is 9.91. The topological polar surface area (TPSA) is 124 Å². The molecule has 1 aromatic rings. The highest BCUT2D eigenvalue weighted by atomic mass is 16.4. The molecule has 0 amide bonds. The molecule has 1 aromatic carbocycles. The summed E-state index contributed by atoms with van der Waals surface area (Å²) in [5, 5.41) is 37.4. The molecule has 20 heavy (non-hydrogen) atoms. The van der Waals surface area contributed by atoms with Gasteiger partial charge in [-0.2, -0.15) is 0 Å². The number of rotatable bonds is 7. The van der Waals surface area contributed by atoms with Gasteiger partial charge in [0.2, 0.25) is 0 Å². The third-order valence-electron chi connectivity index (χ3n) is 3.38. The van der Waals surface area contributed by atoms with Crippen molar-refractivity contribution in [3.05, 3.63) is 17.7 Å². The third kappa shape index (κ3) is 4.31. The van der Waals surface area contributed by atoms with Crippen LogP contribution in [0.4, 0.5) is 0 Å². The van der Waals surface area contributed by atoms with Crippen LogP contribution in [0.15, 0.2) is 12.1 Å². The molecule has 0 aliphatic rings. The van der Waals surface area contributed by atoms with Crippen molar-refractivity contribution in [2.45, 2.75) is 26.2 Å². The number of aromatic hydroxyl groups is 3. The first kappa shape index (κ1) is 16.1. The Kier molecular flexibility index (Phi) is 5.64. The van der Waals surface area contributed by atoms with E-state index >= 15 is 0 Å². The van der Waals surface area contributed by atoms with Gasteiger partial charge in [0, 0.05) is 18.2 Å². The predicted octanol–water partition coefficient (Wildman–Crippen LogP) is 1.42. The average molecular weight is 283 g/mol. The van der Waals surface area contributed by atoms with E-state index in [0.717, 1.165) is 6.07 Å². The highest BCUT2D eigenvalue weighted by Crippen LogP contribution is 2.34. The molecule has 0 radical (unpaired) electrons. The van der Waals surface area contributed by atoms with Crippen LogP contribution < -0.4 is 5.73 Å². The number of nitrogens with two attached hydrogens (primary N) is 1. The number of aliphatic carboxylic acids is 1. The van der Waals surface area contributed by atoms with Crippen LogP contribution in [-0.4, -0.2) is 32.9 Å². The molecule has 0 heterocycles. The van der Waals surface area contributed by atoms with E-state index in [1.165, 1.54) is 6.07 Å². The number of carbonyl (C=O) groups is 1. The van der Waals surface area contributed by atoms with E-state index in [-0.39, 0.29) is 29.7 Å². The van der Waals surface area contributed by atoms with Gasteiger partial charge >= 0.3 is 5.97 Å². The van der Waals surface area contributed by atoms with Gasteiger partial charge in [-0.05, 0) is 31.2 Å². The maximum atomic E-state index is 10.9. The van der Waals surface area contributed by atoms with Gasteiger partial charge in [0.05, 0.1) is 5.92 Å². The van der Waals surface area contributed by atoms with E-state index in [1.807, 2.05) is 6.92 Å². The van der Waals surface area contributed by atoms with Crippen molar-refractivity contribution in [2.75, 3.05) is 6.54 Å². The Hall–Kier alpha value is -1.95. The minimum absolute atomic E-state index is 0.0951. The van der Waals surface area contributed by atoms with Crippen molar-refractivity contribution in [2.24, 2.45) is 17.6 Å². The zero-order valence-corrected chi connectivity index (χ0v) is 11.4. The van der Waals surface area contributed by atoms with Gasteiger partial charge in [-0.15, -0.1) is 0 Å².